The zero-order valence-electron chi connectivity index (χ0n) is 22.4. The first kappa shape index (κ1) is 26.2. The number of hydrogen-bond donors (Lipinski definition) is 1. The maximum atomic E-state index is 13.9. The summed E-state index contributed by atoms with van der Waals surface area (Å²) in [5, 5.41) is 0. The Kier molecular flexibility index (Phi) is 7.13. The van der Waals surface area contributed by atoms with Crippen LogP contribution in [-0.4, -0.2) is 69.2 Å². The van der Waals surface area contributed by atoms with Crippen molar-refractivity contribution in [3.05, 3.63) is 65.2 Å². The molecule has 9 heteroatoms. The quantitative estimate of drug-likeness (QED) is 0.495. The molecule has 2 heterocycles. The van der Waals surface area contributed by atoms with Gasteiger partial charge < -0.3 is 19.4 Å². The van der Waals surface area contributed by atoms with Crippen LogP contribution in [0.4, 0.5) is 9.18 Å². The number of carbonyl (C=O) groups is 2. The number of nitrogens with one attached hydrogen (secondary N) is 1. The highest BCUT2D eigenvalue weighted by atomic mass is 19.1. The van der Waals surface area contributed by atoms with Crippen LogP contribution >= 0.6 is 0 Å². The topological polar surface area (TPSA) is 87.8 Å². The third kappa shape index (κ3) is 5.25. The number of halogens is 1. The number of aryl methyl sites for hydroxylation is 1. The molecular weight excluding hydrogens is 487 g/mol. The average Bonchev–Trinajstić information content (AvgIpc) is 3.48. The van der Waals surface area contributed by atoms with Crippen molar-refractivity contribution < 1.29 is 23.5 Å². The van der Waals surface area contributed by atoms with Crippen LogP contribution in [0.5, 0.6) is 0 Å². The molecule has 0 bridgehead atoms. The van der Waals surface area contributed by atoms with Crippen LogP contribution in [0.3, 0.4) is 0 Å². The molecule has 2 aliphatic rings. The summed E-state index contributed by atoms with van der Waals surface area (Å²) in [5.41, 5.74) is 2.70. The molecule has 1 aromatic heterocycles. The van der Waals surface area contributed by atoms with Gasteiger partial charge in [0.1, 0.15) is 11.4 Å². The van der Waals surface area contributed by atoms with Crippen LogP contribution in [0.1, 0.15) is 68.3 Å². The van der Waals surface area contributed by atoms with Crippen LogP contribution in [0.25, 0.3) is 11.0 Å². The Morgan fingerprint density at radius 3 is 2.66 bits per heavy atom. The lowest BCUT2D eigenvalue weighted by molar-refractivity contribution is -0.0504. The molecule has 1 N–H and O–H groups in total. The number of ether oxygens (including phenoxy) is 2. The first-order valence-corrected chi connectivity index (χ1v) is 13.3. The van der Waals surface area contributed by atoms with E-state index in [1.807, 2.05) is 52.0 Å². The number of aromatic amines is 1. The minimum atomic E-state index is -0.679. The van der Waals surface area contributed by atoms with Crippen LogP contribution in [-0.2, 0) is 15.9 Å². The van der Waals surface area contributed by atoms with Crippen molar-refractivity contribution in [2.24, 2.45) is 0 Å². The summed E-state index contributed by atoms with van der Waals surface area (Å²) >= 11 is 0. The molecule has 1 unspecified atom stereocenters. The third-order valence-electron chi connectivity index (χ3n) is 7.28. The number of para-hydroxylation sites is 2. The molecule has 38 heavy (non-hydrogen) atoms. The van der Waals surface area contributed by atoms with E-state index >= 15 is 0 Å². The predicted molar refractivity (Wildman–Crippen MR) is 141 cm³/mol. The van der Waals surface area contributed by atoms with E-state index < -0.39 is 11.7 Å². The second-order valence-electron chi connectivity index (χ2n) is 11.1. The zero-order chi connectivity index (χ0) is 27.0. The Labute approximate surface area is 222 Å². The van der Waals surface area contributed by atoms with Gasteiger partial charge in [-0.05, 0) is 82.3 Å². The smallest absolute Gasteiger partial charge is 0.411 e. The Balaban J connectivity index is 1.41. The lowest BCUT2D eigenvalue weighted by atomic mass is 9.98. The molecule has 2 amide bonds. The maximum absolute atomic E-state index is 13.9. The lowest BCUT2D eigenvalue weighted by Gasteiger charge is -2.43. The molecule has 3 aromatic rings. The van der Waals surface area contributed by atoms with Crippen molar-refractivity contribution in [3.63, 3.8) is 0 Å². The number of hydrogen-bond acceptors (Lipinski definition) is 5. The van der Waals surface area contributed by atoms with Gasteiger partial charge in [0.25, 0.3) is 5.91 Å². The summed E-state index contributed by atoms with van der Waals surface area (Å²) in [6, 6.07) is 11.5. The van der Waals surface area contributed by atoms with Crippen molar-refractivity contribution in [2.75, 3.05) is 19.8 Å². The fourth-order valence-electron chi connectivity index (χ4n) is 5.66. The average molecular weight is 523 g/mol. The van der Waals surface area contributed by atoms with Crippen molar-refractivity contribution in [2.45, 2.75) is 70.7 Å². The number of aromatic nitrogens is 2. The summed E-state index contributed by atoms with van der Waals surface area (Å²) in [5.74, 6) is -0.202. The SMILES string of the molecule is CCN(C(=O)c1nc2ccccc2[nH]1)C1COC[C@H](N(C(=O)OC(C)(C)C)[C@@H]2CCc3cc(F)ccc32)C1. The number of nitrogens with zero attached hydrogens (tertiary/aromatic N) is 3. The van der Waals surface area contributed by atoms with Gasteiger partial charge in [-0.15, -0.1) is 0 Å². The molecule has 1 aliphatic heterocycles. The first-order valence-electron chi connectivity index (χ1n) is 13.3. The van der Waals surface area contributed by atoms with Crippen molar-refractivity contribution in [1.29, 1.82) is 0 Å². The summed E-state index contributed by atoms with van der Waals surface area (Å²) in [4.78, 5) is 38.3. The fourth-order valence-corrected chi connectivity index (χ4v) is 5.66. The number of fused-ring (bicyclic) bond motifs is 2. The molecule has 1 fully saturated rings. The normalized spacial score (nSPS) is 21.2. The molecule has 0 radical (unpaired) electrons. The van der Waals surface area contributed by atoms with Crippen molar-refractivity contribution >= 4 is 23.0 Å². The molecule has 1 saturated heterocycles. The Morgan fingerprint density at radius 1 is 1.16 bits per heavy atom. The van der Waals surface area contributed by atoms with Gasteiger partial charge in [-0.2, -0.15) is 0 Å². The molecule has 1 aliphatic carbocycles. The third-order valence-corrected chi connectivity index (χ3v) is 7.28. The number of likely N-dealkylation sites (N-methyl/N-ethyl adjacent to an activating group) is 1. The maximum Gasteiger partial charge on any atom is 0.411 e. The fraction of sp³-hybridized carbons (Fsp3) is 0.483. The van der Waals surface area contributed by atoms with Gasteiger partial charge >= 0.3 is 6.09 Å². The van der Waals surface area contributed by atoms with Crippen molar-refractivity contribution in [3.8, 4) is 0 Å². The summed E-state index contributed by atoms with van der Waals surface area (Å²) in [6.07, 6.45) is 1.46. The Morgan fingerprint density at radius 2 is 1.92 bits per heavy atom. The van der Waals surface area contributed by atoms with Gasteiger partial charge in [0.15, 0.2) is 5.82 Å². The van der Waals surface area contributed by atoms with Crippen molar-refractivity contribution in [1.82, 2.24) is 19.8 Å². The summed E-state index contributed by atoms with van der Waals surface area (Å²) in [7, 11) is 0. The van der Waals surface area contributed by atoms with Gasteiger partial charge in [-0.3, -0.25) is 9.69 Å². The number of H-pyrrole nitrogens is 1. The van der Waals surface area contributed by atoms with E-state index in [0.29, 0.717) is 39.0 Å². The van der Waals surface area contributed by atoms with Crippen LogP contribution in [0.2, 0.25) is 0 Å². The minimum absolute atomic E-state index is 0.205. The highest BCUT2D eigenvalue weighted by Crippen LogP contribution is 2.39. The Bertz CT molecular complexity index is 1300. The molecular formula is C29H35FN4O4. The van der Waals surface area contributed by atoms with E-state index in [2.05, 4.69) is 9.97 Å². The molecule has 2 aromatic carbocycles. The zero-order valence-corrected chi connectivity index (χ0v) is 22.4. The van der Waals surface area contributed by atoms with Gasteiger partial charge in [-0.1, -0.05) is 18.2 Å². The first-order chi connectivity index (χ1) is 18.1. The molecule has 0 spiro atoms. The van der Waals surface area contributed by atoms with Crippen LogP contribution in [0.15, 0.2) is 42.5 Å². The number of benzene rings is 2. The molecule has 8 nitrogen and oxygen atoms in total. The van der Waals surface area contributed by atoms with Gasteiger partial charge in [0, 0.05) is 6.54 Å². The monoisotopic (exact) mass is 522 g/mol. The number of rotatable bonds is 5. The highest BCUT2D eigenvalue weighted by Gasteiger charge is 2.42. The Hall–Kier alpha value is -3.46. The largest absolute Gasteiger partial charge is 0.444 e. The number of carbonyl (C=O) groups excluding carboxylic acids is 2. The summed E-state index contributed by atoms with van der Waals surface area (Å²) in [6.45, 7) is 8.61. The van der Waals surface area contributed by atoms with Crippen LogP contribution < -0.4 is 0 Å². The predicted octanol–water partition coefficient (Wildman–Crippen LogP) is 5.25. The molecule has 3 atom stereocenters. The minimum Gasteiger partial charge on any atom is -0.444 e. The second-order valence-corrected chi connectivity index (χ2v) is 11.1. The number of imidazole rings is 1. The van der Waals surface area contributed by atoms with E-state index in [1.54, 1.807) is 21.9 Å². The van der Waals surface area contributed by atoms with Gasteiger partial charge in [0.05, 0.1) is 42.4 Å². The van der Waals surface area contributed by atoms with E-state index in [-0.39, 0.29) is 35.7 Å². The lowest BCUT2D eigenvalue weighted by Crippen LogP contribution is -2.55. The highest BCUT2D eigenvalue weighted by molar-refractivity contribution is 5.94. The van der Waals surface area contributed by atoms with Gasteiger partial charge in [-0.25, -0.2) is 14.2 Å². The number of amides is 2. The standard InChI is InChI=1S/C29H35FN4O4/c1-5-33(27(35)26-31-23-8-6-7-9-24(23)32-26)20-15-21(17-37-16-20)34(28(36)38-29(2,3)4)25-13-10-18-14-19(30)11-12-22(18)25/h6-9,11-12,14,20-21,25H,5,10,13,15-17H2,1-4H3,(H,31,32)/t20?,21-,25-/m1/s1. The second kappa shape index (κ2) is 10.4. The molecule has 5 rings (SSSR count). The molecule has 202 valence electrons. The molecule has 0 saturated carbocycles. The van der Waals surface area contributed by atoms with Gasteiger partial charge in [0.2, 0.25) is 0 Å². The van der Waals surface area contributed by atoms with E-state index in [0.717, 1.165) is 22.2 Å². The van der Waals surface area contributed by atoms with E-state index in [4.69, 9.17) is 9.47 Å². The van der Waals surface area contributed by atoms with E-state index in [1.165, 1.54) is 6.07 Å². The summed E-state index contributed by atoms with van der Waals surface area (Å²) < 4.78 is 25.8. The van der Waals surface area contributed by atoms with E-state index in [9.17, 15) is 14.0 Å². The van der Waals surface area contributed by atoms with Crippen LogP contribution in [0, 0.1) is 5.82 Å².